The normalized spacial score (nSPS) is 10.1. The van der Waals surface area contributed by atoms with Gasteiger partial charge in [-0.05, 0) is 54.6 Å². The first-order chi connectivity index (χ1) is 13.0. The Morgan fingerprint density at radius 3 is 2.26 bits per heavy atom. The Morgan fingerprint density at radius 2 is 1.59 bits per heavy atom. The molecule has 0 aliphatic carbocycles. The van der Waals surface area contributed by atoms with Gasteiger partial charge >= 0.3 is 0 Å². The van der Waals surface area contributed by atoms with Gasteiger partial charge in [-0.15, -0.1) is 0 Å². The first-order valence-corrected chi connectivity index (χ1v) is 8.60. The lowest BCUT2D eigenvalue weighted by Gasteiger charge is -2.13. The predicted octanol–water partition coefficient (Wildman–Crippen LogP) is 5.34. The van der Waals surface area contributed by atoms with E-state index in [1.54, 1.807) is 42.5 Å². The van der Waals surface area contributed by atoms with Crippen LogP contribution in [-0.2, 0) is 4.79 Å². The third-order valence-electron chi connectivity index (χ3n) is 3.63. The predicted molar refractivity (Wildman–Crippen MR) is 107 cm³/mol. The van der Waals surface area contributed by atoms with Crippen LogP contribution in [0, 0.1) is 0 Å². The van der Waals surface area contributed by atoms with Gasteiger partial charge in [0.1, 0.15) is 5.75 Å². The molecule has 0 aliphatic heterocycles. The Labute approximate surface area is 161 Å². The number of rotatable bonds is 5. The van der Waals surface area contributed by atoms with Crippen LogP contribution in [0.3, 0.4) is 0 Å². The number of hydrogen-bond acceptors (Lipinski definition) is 3. The van der Waals surface area contributed by atoms with E-state index < -0.39 is 0 Å². The number of carbonyl (C=O) groups excluding carboxylic acids is 2. The Balaban J connectivity index is 1.79. The third kappa shape index (κ3) is 5.09. The lowest BCUT2D eigenvalue weighted by molar-refractivity contribution is -0.114. The Hall–Kier alpha value is -3.31. The second-order valence-corrected chi connectivity index (χ2v) is 6.20. The van der Waals surface area contributed by atoms with Crippen LogP contribution >= 0.6 is 11.6 Å². The van der Waals surface area contributed by atoms with E-state index in [0.29, 0.717) is 33.5 Å². The largest absolute Gasteiger partial charge is 0.455 e. The van der Waals surface area contributed by atoms with E-state index in [-0.39, 0.29) is 11.8 Å². The number of anilines is 2. The summed E-state index contributed by atoms with van der Waals surface area (Å²) in [7, 11) is 0. The zero-order chi connectivity index (χ0) is 19.2. The van der Waals surface area contributed by atoms with Gasteiger partial charge in [0.05, 0.1) is 5.69 Å². The summed E-state index contributed by atoms with van der Waals surface area (Å²) in [5.74, 6) is 0.641. The van der Waals surface area contributed by atoms with Gasteiger partial charge in [-0.1, -0.05) is 29.8 Å². The number of amides is 2. The lowest BCUT2D eigenvalue weighted by atomic mass is 10.2. The van der Waals surface area contributed by atoms with E-state index in [4.69, 9.17) is 16.3 Å². The minimum atomic E-state index is -0.315. The maximum absolute atomic E-state index is 12.6. The summed E-state index contributed by atoms with van der Waals surface area (Å²) in [6.07, 6.45) is 0. The number of ether oxygens (including phenoxy) is 1. The van der Waals surface area contributed by atoms with Gasteiger partial charge < -0.3 is 15.4 Å². The second kappa shape index (κ2) is 8.38. The highest BCUT2D eigenvalue weighted by Crippen LogP contribution is 2.32. The molecule has 0 radical (unpaired) electrons. The van der Waals surface area contributed by atoms with Gasteiger partial charge in [0, 0.05) is 23.2 Å². The molecule has 3 aromatic rings. The van der Waals surface area contributed by atoms with Crippen molar-refractivity contribution in [2.24, 2.45) is 0 Å². The first kappa shape index (κ1) is 18.5. The van der Waals surface area contributed by atoms with Gasteiger partial charge in [-0.3, -0.25) is 9.59 Å². The van der Waals surface area contributed by atoms with E-state index in [1.807, 2.05) is 30.3 Å². The van der Waals surface area contributed by atoms with Crippen molar-refractivity contribution in [2.45, 2.75) is 6.92 Å². The Kier molecular flexibility index (Phi) is 5.74. The Bertz CT molecular complexity index is 957. The molecule has 0 aliphatic rings. The molecule has 0 unspecified atom stereocenters. The highest BCUT2D eigenvalue weighted by Gasteiger charge is 2.12. The van der Waals surface area contributed by atoms with Crippen molar-refractivity contribution in [3.05, 3.63) is 83.4 Å². The average Bonchev–Trinajstić information content (AvgIpc) is 2.65. The van der Waals surface area contributed by atoms with Crippen LogP contribution < -0.4 is 15.4 Å². The summed E-state index contributed by atoms with van der Waals surface area (Å²) in [5, 5.41) is 5.95. The molecular formula is C21H17ClN2O3. The summed E-state index contributed by atoms with van der Waals surface area (Å²) in [5.41, 5.74) is 1.52. The fourth-order valence-corrected chi connectivity index (χ4v) is 2.58. The van der Waals surface area contributed by atoms with Gasteiger partial charge in [0.2, 0.25) is 5.91 Å². The third-order valence-corrected chi connectivity index (χ3v) is 3.86. The number of hydrogen-bond donors (Lipinski definition) is 2. The van der Waals surface area contributed by atoms with E-state index in [1.165, 1.54) is 6.92 Å². The summed E-state index contributed by atoms with van der Waals surface area (Å²) < 4.78 is 5.84. The molecule has 0 fully saturated rings. The smallest absolute Gasteiger partial charge is 0.255 e. The molecule has 0 atom stereocenters. The second-order valence-electron chi connectivity index (χ2n) is 5.77. The lowest BCUT2D eigenvalue weighted by Crippen LogP contribution is -2.13. The zero-order valence-electron chi connectivity index (χ0n) is 14.5. The maximum Gasteiger partial charge on any atom is 0.255 e. The standard InChI is InChI=1S/C21H17ClN2O3/c1-14(25)23-17-10-7-15(8-11-17)21(26)24-19-13-16(22)9-12-20(19)27-18-5-3-2-4-6-18/h2-13H,1H3,(H,23,25)(H,24,26). The molecule has 5 nitrogen and oxygen atoms in total. The molecule has 0 saturated heterocycles. The van der Waals surface area contributed by atoms with Crippen LogP contribution in [0.5, 0.6) is 11.5 Å². The van der Waals surface area contributed by atoms with Crippen LogP contribution in [-0.4, -0.2) is 11.8 Å². The molecule has 0 aromatic heterocycles. The molecular weight excluding hydrogens is 364 g/mol. The number of halogens is 1. The molecule has 136 valence electrons. The molecule has 2 amide bonds. The molecule has 3 rings (SSSR count). The number of para-hydroxylation sites is 1. The fraction of sp³-hybridized carbons (Fsp3) is 0.0476. The van der Waals surface area contributed by atoms with Crippen LogP contribution in [0.15, 0.2) is 72.8 Å². The van der Waals surface area contributed by atoms with Crippen molar-refractivity contribution in [3.63, 3.8) is 0 Å². The minimum Gasteiger partial charge on any atom is -0.455 e. The SMILES string of the molecule is CC(=O)Nc1ccc(C(=O)Nc2cc(Cl)ccc2Oc2ccccc2)cc1. The fourth-order valence-electron chi connectivity index (χ4n) is 2.41. The monoisotopic (exact) mass is 380 g/mol. The van der Waals surface area contributed by atoms with Crippen molar-refractivity contribution in [2.75, 3.05) is 10.6 Å². The van der Waals surface area contributed by atoms with Gasteiger partial charge in [-0.25, -0.2) is 0 Å². The Morgan fingerprint density at radius 1 is 0.889 bits per heavy atom. The first-order valence-electron chi connectivity index (χ1n) is 8.23. The average molecular weight is 381 g/mol. The minimum absolute atomic E-state index is 0.172. The highest BCUT2D eigenvalue weighted by atomic mass is 35.5. The summed E-state index contributed by atoms with van der Waals surface area (Å²) in [4.78, 5) is 23.6. The molecule has 0 spiro atoms. The van der Waals surface area contributed by atoms with Crippen molar-refractivity contribution < 1.29 is 14.3 Å². The molecule has 0 heterocycles. The molecule has 0 bridgehead atoms. The van der Waals surface area contributed by atoms with E-state index in [0.717, 1.165) is 0 Å². The molecule has 6 heteroatoms. The topological polar surface area (TPSA) is 67.4 Å². The number of nitrogens with one attached hydrogen (secondary N) is 2. The molecule has 0 saturated carbocycles. The van der Waals surface area contributed by atoms with Crippen LogP contribution in [0.25, 0.3) is 0 Å². The quantitative estimate of drug-likeness (QED) is 0.627. The van der Waals surface area contributed by atoms with Gasteiger partial charge in [0.15, 0.2) is 5.75 Å². The molecule has 27 heavy (non-hydrogen) atoms. The van der Waals surface area contributed by atoms with Crippen molar-refractivity contribution in [1.29, 1.82) is 0 Å². The van der Waals surface area contributed by atoms with Crippen LogP contribution in [0.4, 0.5) is 11.4 Å². The van der Waals surface area contributed by atoms with Crippen molar-refractivity contribution in [1.82, 2.24) is 0 Å². The number of carbonyl (C=O) groups is 2. The molecule has 2 N–H and O–H groups in total. The summed E-state index contributed by atoms with van der Waals surface area (Å²) >= 11 is 6.07. The number of benzene rings is 3. The summed E-state index contributed by atoms with van der Waals surface area (Å²) in [6.45, 7) is 1.42. The molecule has 3 aromatic carbocycles. The maximum atomic E-state index is 12.6. The van der Waals surface area contributed by atoms with Gasteiger partial charge in [-0.2, -0.15) is 0 Å². The van der Waals surface area contributed by atoms with Crippen LogP contribution in [0.1, 0.15) is 17.3 Å². The van der Waals surface area contributed by atoms with E-state index in [9.17, 15) is 9.59 Å². The van der Waals surface area contributed by atoms with Crippen molar-refractivity contribution in [3.8, 4) is 11.5 Å². The van der Waals surface area contributed by atoms with Crippen molar-refractivity contribution >= 4 is 34.8 Å². The van der Waals surface area contributed by atoms with E-state index >= 15 is 0 Å². The van der Waals surface area contributed by atoms with E-state index in [2.05, 4.69) is 10.6 Å². The highest BCUT2D eigenvalue weighted by molar-refractivity contribution is 6.31. The van der Waals surface area contributed by atoms with Crippen LogP contribution in [0.2, 0.25) is 5.02 Å². The summed E-state index contributed by atoms with van der Waals surface area (Å²) in [6, 6.07) is 20.9. The van der Waals surface area contributed by atoms with Gasteiger partial charge in [0.25, 0.3) is 5.91 Å². The zero-order valence-corrected chi connectivity index (χ0v) is 15.3.